The highest BCUT2D eigenvalue weighted by molar-refractivity contribution is 5.56. The fourth-order valence-corrected chi connectivity index (χ4v) is 2.39. The van der Waals surface area contributed by atoms with Gasteiger partial charge in [-0.2, -0.15) is 10.1 Å². The Morgan fingerprint density at radius 3 is 2.77 bits per heavy atom. The number of aromatic nitrogens is 3. The Hall–Kier alpha value is -3.29. The zero-order chi connectivity index (χ0) is 18.4. The number of benzene rings is 2. The molecule has 2 N–H and O–H groups in total. The summed E-state index contributed by atoms with van der Waals surface area (Å²) in [6.07, 6.45) is 2.06. The molecule has 0 aliphatic carbocycles. The van der Waals surface area contributed by atoms with E-state index < -0.39 is 11.6 Å². The van der Waals surface area contributed by atoms with Gasteiger partial charge in [-0.25, -0.2) is 8.78 Å². The van der Waals surface area contributed by atoms with Crippen molar-refractivity contribution in [2.75, 3.05) is 24.3 Å². The van der Waals surface area contributed by atoms with Crippen LogP contribution in [-0.2, 0) is 6.42 Å². The summed E-state index contributed by atoms with van der Waals surface area (Å²) in [5.74, 6) is 0.0510. The molecule has 0 aliphatic rings. The molecule has 0 bridgehead atoms. The van der Waals surface area contributed by atoms with E-state index in [2.05, 4.69) is 25.8 Å². The third-order valence-electron chi connectivity index (χ3n) is 3.62. The zero-order valence-corrected chi connectivity index (χ0v) is 14.0. The standard InChI is InChI=1S/C18H17F2N5O/c1-26-16-5-3-2-4-12(16)8-9-21-18-24-17(11-22-25-18)23-15-7-6-13(19)10-14(15)20/h2-7,10-11H,8-9H2,1H3,(H2,21,23,24,25). The average molecular weight is 357 g/mol. The number of anilines is 3. The first kappa shape index (κ1) is 17.5. The van der Waals surface area contributed by atoms with Crippen LogP contribution in [0.15, 0.2) is 48.7 Å². The molecule has 26 heavy (non-hydrogen) atoms. The maximum absolute atomic E-state index is 13.7. The maximum atomic E-state index is 13.7. The van der Waals surface area contributed by atoms with Crippen LogP contribution in [0.4, 0.5) is 26.2 Å². The van der Waals surface area contributed by atoms with Crippen LogP contribution in [0.5, 0.6) is 5.75 Å². The molecule has 3 aromatic rings. The van der Waals surface area contributed by atoms with Crippen LogP contribution in [0.3, 0.4) is 0 Å². The molecule has 0 atom stereocenters. The molecule has 1 aromatic heterocycles. The van der Waals surface area contributed by atoms with Gasteiger partial charge in [-0.1, -0.05) is 18.2 Å². The summed E-state index contributed by atoms with van der Waals surface area (Å²) in [7, 11) is 1.63. The summed E-state index contributed by atoms with van der Waals surface area (Å²) >= 11 is 0. The van der Waals surface area contributed by atoms with E-state index >= 15 is 0 Å². The Morgan fingerprint density at radius 2 is 1.96 bits per heavy atom. The summed E-state index contributed by atoms with van der Waals surface area (Å²) < 4.78 is 32.0. The normalized spacial score (nSPS) is 10.4. The van der Waals surface area contributed by atoms with E-state index in [1.807, 2.05) is 24.3 Å². The number of hydrogen-bond acceptors (Lipinski definition) is 6. The summed E-state index contributed by atoms with van der Waals surface area (Å²) in [5, 5.41) is 13.5. The highest BCUT2D eigenvalue weighted by Gasteiger charge is 2.07. The summed E-state index contributed by atoms with van der Waals surface area (Å²) in [5.41, 5.74) is 1.16. The van der Waals surface area contributed by atoms with Crippen LogP contribution in [-0.4, -0.2) is 28.8 Å². The first-order valence-electron chi connectivity index (χ1n) is 7.93. The van der Waals surface area contributed by atoms with Gasteiger partial charge in [-0.15, -0.1) is 5.10 Å². The second-order valence-electron chi connectivity index (χ2n) is 5.40. The molecule has 0 amide bonds. The van der Waals surface area contributed by atoms with Gasteiger partial charge in [0.05, 0.1) is 19.0 Å². The number of nitrogens with zero attached hydrogens (tertiary/aromatic N) is 3. The Morgan fingerprint density at radius 1 is 1.12 bits per heavy atom. The van der Waals surface area contributed by atoms with E-state index in [-0.39, 0.29) is 5.69 Å². The molecular weight excluding hydrogens is 340 g/mol. The minimum absolute atomic E-state index is 0.104. The largest absolute Gasteiger partial charge is 0.496 e. The number of para-hydroxylation sites is 1. The molecular formula is C18H17F2N5O. The molecule has 8 heteroatoms. The monoisotopic (exact) mass is 357 g/mol. The lowest BCUT2D eigenvalue weighted by Crippen LogP contribution is -2.10. The van der Waals surface area contributed by atoms with Crippen LogP contribution < -0.4 is 15.4 Å². The van der Waals surface area contributed by atoms with Gasteiger partial charge in [0.15, 0.2) is 5.82 Å². The lowest BCUT2D eigenvalue weighted by atomic mass is 10.1. The second kappa shape index (κ2) is 8.19. The van der Waals surface area contributed by atoms with Gasteiger partial charge in [0.2, 0.25) is 5.95 Å². The van der Waals surface area contributed by atoms with Crippen LogP contribution in [0.25, 0.3) is 0 Å². The van der Waals surface area contributed by atoms with Crippen molar-refractivity contribution in [3.63, 3.8) is 0 Å². The third kappa shape index (κ3) is 4.41. The van der Waals surface area contributed by atoms with Crippen molar-refractivity contribution in [3.05, 3.63) is 65.9 Å². The molecule has 2 aromatic carbocycles. The zero-order valence-electron chi connectivity index (χ0n) is 14.0. The number of nitrogens with one attached hydrogen (secondary N) is 2. The van der Waals surface area contributed by atoms with E-state index in [4.69, 9.17) is 4.74 Å². The van der Waals surface area contributed by atoms with Gasteiger partial charge in [-0.05, 0) is 30.2 Å². The predicted molar refractivity (Wildman–Crippen MR) is 94.7 cm³/mol. The van der Waals surface area contributed by atoms with Crippen LogP contribution in [0.2, 0.25) is 0 Å². The number of rotatable bonds is 7. The van der Waals surface area contributed by atoms with Gasteiger partial charge in [0, 0.05) is 12.6 Å². The van der Waals surface area contributed by atoms with E-state index in [9.17, 15) is 8.78 Å². The third-order valence-corrected chi connectivity index (χ3v) is 3.62. The van der Waals surface area contributed by atoms with E-state index in [0.717, 1.165) is 23.4 Å². The summed E-state index contributed by atoms with van der Waals surface area (Å²) in [6, 6.07) is 11.0. The van der Waals surface area contributed by atoms with E-state index in [1.165, 1.54) is 12.3 Å². The minimum atomic E-state index is -0.714. The average Bonchev–Trinajstić information content (AvgIpc) is 2.65. The van der Waals surface area contributed by atoms with Gasteiger partial charge in [0.1, 0.15) is 17.4 Å². The Balaban J connectivity index is 1.62. The molecule has 0 saturated heterocycles. The van der Waals surface area contributed by atoms with Crippen molar-refractivity contribution in [1.29, 1.82) is 0 Å². The van der Waals surface area contributed by atoms with E-state index in [1.54, 1.807) is 7.11 Å². The van der Waals surface area contributed by atoms with Gasteiger partial charge >= 0.3 is 0 Å². The van der Waals surface area contributed by atoms with Crippen LogP contribution >= 0.6 is 0 Å². The highest BCUT2D eigenvalue weighted by Crippen LogP contribution is 2.20. The molecule has 0 saturated carbocycles. The lowest BCUT2D eigenvalue weighted by molar-refractivity contribution is 0.410. The smallest absolute Gasteiger partial charge is 0.244 e. The Bertz CT molecular complexity index is 891. The predicted octanol–water partition coefficient (Wildman–Crippen LogP) is 3.56. The Labute approximate surface area is 149 Å². The van der Waals surface area contributed by atoms with Crippen molar-refractivity contribution in [1.82, 2.24) is 15.2 Å². The molecule has 0 aliphatic heterocycles. The summed E-state index contributed by atoms with van der Waals surface area (Å²) in [6.45, 7) is 0.566. The fraction of sp³-hybridized carbons (Fsp3) is 0.167. The lowest BCUT2D eigenvalue weighted by Gasteiger charge is -2.10. The molecule has 6 nitrogen and oxygen atoms in total. The van der Waals surface area contributed by atoms with Crippen molar-refractivity contribution >= 4 is 17.5 Å². The van der Waals surface area contributed by atoms with Gasteiger partial charge in [-0.3, -0.25) is 0 Å². The molecule has 0 unspecified atom stereocenters. The van der Waals surface area contributed by atoms with Crippen LogP contribution in [0, 0.1) is 11.6 Å². The maximum Gasteiger partial charge on any atom is 0.244 e. The van der Waals surface area contributed by atoms with Crippen molar-refractivity contribution < 1.29 is 13.5 Å². The number of hydrogen-bond donors (Lipinski definition) is 2. The molecule has 0 fully saturated rings. The second-order valence-corrected chi connectivity index (χ2v) is 5.40. The first-order chi connectivity index (χ1) is 12.7. The summed E-state index contributed by atoms with van der Waals surface area (Å²) in [4.78, 5) is 4.22. The van der Waals surface area contributed by atoms with Gasteiger partial charge in [0.25, 0.3) is 0 Å². The molecule has 0 radical (unpaired) electrons. The fourth-order valence-electron chi connectivity index (χ4n) is 2.39. The molecule has 134 valence electrons. The minimum Gasteiger partial charge on any atom is -0.496 e. The highest BCUT2D eigenvalue weighted by atomic mass is 19.1. The van der Waals surface area contributed by atoms with Gasteiger partial charge < -0.3 is 15.4 Å². The molecule has 0 spiro atoms. The quantitative estimate of drug-likeness (QED) is 0.674. The molecule has 3 rings (SSSR count). The van der Waals surface area contributed by atoms with E-state index in [0.29, 0.717) is 24.7 Å². The van der Waals surface area contributed by atoms with Crippen molar-refractivity contribution in [3.8, 4) is 5.75 Å². The van der Waals surface area contributed by atoms with Crippen LogP contribution in [0.1, 0.15) is 5.56 Å². The first-order valence-corrected chi connectivity index (χ1v) is 7.93. The number of methoxy groups -OCH3 is 1. The molecule has 1 heterocycles. The SMILES string of the molecule is COc1ccccc1CCNc1nncc(Nc2ccc(F)cc2F)n1. The topological polar surface area (TPSA) is 72.0 Å². The number of halogens is 2. The van der Waals surface area contributed by atoms with Crippen molar-refractivity contribution in [2.24, 2.45) is 0 Å². The van der Waals surface area contributed by atoms with Crippen molar-refractivity contribution in [2.45, 2.75) is 6.42 Å². The number of ether oxygens (including phenoxy) is 1. The Kier molecular flexibility index (Phi) is 5.52.